The molecule has 0 aliphatic rings. The molecule has 24 heavy (non-hydrogen) atoms. The standard InChI is InChI=1S/C19H23NO4/c1-5-7-10-24-18(21)14-8-9-16-15(11-14)12(3)17(13(4)20-16)19(22)23-6-2/h8-9,11H,5-7,10H2,1-4H3. The maximum absolute atomic E-state index is 12.2. The highest BCUT2D eigenvalue weighted by atomic mass is 16.5. The Hall–Kier alpha value is -2.43. The van der Waals surface area contributed by atoms with Crippen LogP contribution in [0.1, 0.15) is 58.7 Å². The normalized spacial score (nSPS) is 10.7. The van der Waals surface area contributed by atoms with E-state index < -0.39 is 5.97 Å². The minimum absolute atomic E-state index is 0.305. The van der Waals surface area contributed by atoms with Crippen molar-refractivity contribution in [2.24, 2.45) is 0 Å². The second-order valence-electron chi connectivity index (χ2n) is 5.64. The first-order valence-corrected chi connectivity index (χ1v) is 8.24. The van der Waals surface area contributed by atoms with Crippen LogP contribution in [-0.2, 0) is 9.47 Å². The highest BCUT2D eigenvalue weighted by Gasteiger charge is 2.18. The number of ether oxygens (including phenoxy) is 2. The number of aromatic nitrogens is 1. The van der Waals surface area contributed by atoms with E-state index >= 15 is 0 Å². The number of carbonyl (C=O) groups excluding carboxylic acids is 2. The molecule has 1 aromatic heterocycles. The van der Waals surface area contributed by atoms with Gasteiger partial charge in [-0.05, 0) is 51.0 Å². The number of pyridine rings is 1. The molecule has 0 unspecified atom stereocenters. The summed E-state index contributed by atoms with van der Waals surface area (Å²) in [4.78, 5) is 28.8. The third-order valence-corrected chi connectivity index (χ3v) is 3.87. The SMILES string of the molecule is CCCCOC(=O)c1ccc2nc(C)c(C(=O)OCC)c(C)c2c1. The van der Waals surface area contributed by atoms with Gasteiger partial charge in [0.05, 0.1) is 35.6 Å². The number of aryl methyl sites for hydroxylation is 2. The van der Waals surface area contributed by atoms with Crippen molar-refractivity contribution < 1.29 is 19.1 Å². The quantitative estimate of drug-likeness (QED) is 0.592. The number of rotatable bonds is 6. The lowest BCUT2D eigenvalue weighted by molar-refractivity contribution is 0.0497. The average Bonchev–Trinajstić information content (AvgIpc) is 2.55. The minimum Gasteiger partial charge on any atom is -0.462 e. The molecule has 1 aromatic carbocycles. The summed E-state index contributed by atoms with van der Waals surface area (Å²) in [7, 11) is 0. The Bertz CT molecular complexity index is 768. The van der Waals surface area contributed by atoms with Crippen LogP contribution in [0.2, 0.25) is 0 Å². The topological polar surface area (TPSA) is 65.5 Å². The molecular formula is C19H23NO4. The Morgan fingerprint density at radius 3 is 2.50 bits per heavy atom. The molecule has 0 saturated carbocycles. The molecular weight excluding hydrogens is 306 g/mol. The third kappa shape index (κ3) is 3.72. The predicted molar refractivity (Wildman–Crippen MR) is 92.4 cm³/mol. The first-order valence-electron chi connectivity index (χ1n) is 8.24. The van der Waals surface area contributed by atoms with E-state index in [4.69, 9.17) is 9.47 Å². The van der Waals surface area contributed by atoms with Crippen LogP contribution in [0, 0.1) is 13.8 Å². The molecule has 1 heterocycles. The first-order chi connectivity index (χ1) is 11.5. The maximum atomic E-state index is 12.2. The summed E-state index contributed by atoms with van der Waals surface area (Å²) in [6.45, 7) is 8.15. The van der Waals surface area contributed by atoms with Crippen molar-refractivity contribution in [3.63, 3.8) is 0 Å². The van der Waals surface area contributed by atoms with Crippen LogP contribution < -0.4 is 0 Å². The van der Waals surface area contributed by atoms with Crippen LogP contribution in [0.3, 0.4) is 0 Å². The van der Waals surface area contributed by atoms with Gasteiger partial charge in [0.15, 0.2) is 0 Å². The van der Waals surface area contributed by atoms with Gasteiger partial charge in [-0.1, -0.05) is 13.3 Å². The van der Waals surface area contributed by atoms with Gasteiger partial charge in [0.2, 0.25) is 0 Å². The summed E-state index contributed by atoms with van der Waals surface area (Å²) in [6.07, 6.45) is 1.81. The minimum atomic E-state index is -0.391. The zero-order valence-corrected chi connectivity index (χ0v) is 14.6. The first kappa shape index (κ1) is 17.9. The zero-order valence-electron chi connectivity index (χ0n) is 14.6. The zero-order chi connectivity index (χ0) is 17.7. The van der Waals surface area contributed by atoms with Crippen LogP contribution in [0.5, 0.6) is 0 Å². The summed E-state index contributed by atoms with van der Waals surface area (Å²) < 4.78 is 10.4. The van der Waals surface area contributed by atoms with E-state index in [0.29, 0.717) is 30.0 Å². The van der Waals surface area contributed by atoms with Gasteiger partial charge in [0.1, 0.15) is 0 Å². The van der Waals surface area contributed by atoms with Crippen molar-refractivity contribution in [1.29, 1.82) is 0 Å². The van der Waals surface area contributed by atoms with Crippen molar-refractivity contribution >= 4 is 22.8 Å². The molecule has 0 amide bonds. The van der Waals surface area contributed by atoms with E-state index in [1.54, 1.807) is 32.0 Å². The van der Waals surface area contributed by atoms with E-state index in [1.807, 2.05) is 13.8 Å². The van der Waals surface area contributed by atoms with Gasteiger partial charge in [-0.3, -0.25) is 4.98 Å². The van der Waals surface area contributed by atoms with Gasteiger partial charge in [-0.25, -0.2) is 9.59 Å². The second kappa shape index (κ2) is 7.90. The Balaban J connectivity index is 2.43. The molecule has 0 radical (unpaired) electrons. The van der Waals surface area contributed by atoms with Crippen molar-refractivity contribution in [2.75, 3.05) is 13.2 Å². The second-order valence-corrected chi connectivity index (χ2v) is 5.64. The molecule has 0 spiro atoms. The Morgan fingerprint density at radius 2 is 1.83 bits per heavy atom. The molecule has 0 aliphatic heterocycles. The molecule has 0 bridgehead atoms. The van der Waals surface area contributed by atoms with Crippen LogP contribution >= 0.6 is 0 Å². The van der Waals surface area contributed by atoms with E-state index in [1.165, 1.54) is 0 Å². The third-order valence-electron chi connectivity index (χ3n) is 3.87. The maximum Gasteiger partial charge on any atom is 0.340 e. The van der Waals surface area contributed by atoms with Crippen LogP contribution in [0.25, 0.3) is 10.9 Å². The van der Waals surface area contributed by atoms with Crippen LogP contribution in [0.15, 0.2) is 18.2 Å². The number of benzene rings is 1. The molecule has 0 aliphatic carbocycles. The summed E-state index contributed by atoms with van der Waals surface area (Å²) in [6, 6.07) is 5.21. The van der Waals surface area contributed by atoms with E-state index in [0.717, 1.165) is 29.3 Å². The van der Waals surface area contributed by atoms with Gasteiger partial charge in [-0.2, -0.15) is 0 Å². The molecule has 5 heteroatoms. The lowest BCUT2D eigenvalue weighted by Crippen LogP contribution is -2.11. The summed E-state index contributed by atoms with van der Waals surface area (Å²) in [5.41, 5.74) is 3.04. The van der Waals surface area contributed by atoms with Gasteiger partial charge >= 0.3 is 11.9 Å². The fourth-order valence-corrected chi connectivity index (χ4v) is 2.60. The van der Waals surface area contributed by atoms with Crippen LogP contribution in [0.4, 0.5) is 0 Å². The monoisotopic (exact) mass is 329 g/mol. The molecule has 0 N–H and O–H groups in total. The van der Waals surface area contributed by atoms with Crippen molar-refractivity contribution in [3.05, 3.63) is 40.6 Å². The van der Waals surface area contributed by atoms with Gasteiger partial charge in [-0.15, -0.1) is 0 Å². The average molecular weight is 329 g/mol. The van der Waals surface area contributed by atoms with E-state index in [9.17, 15) is 9.59 Å². The largest absolute Gasteiger partial charge is 0.462 e. The molecule has 5 nitrogen and oxygen atoms in total. The van der Waals surface area contributed by atoms with Gasteiger partial charge in [0, 0.05) is 5.39 Å². The lowest BCUT2D eigenvalue weighted by Gasteiger charge is -2.12. The summed E-state index contributed by atoms with van der Waals surface area (Å²) in [5, 5.41) is 0.758. The molecule has 2 aromatic rings. The van der Waals surface area contributed by atoms with Crippen molar-refractivity contribution in [2.45, 2.75) is 40.5 Å². The number of nitrogens with zero attached hydrogens (tertiary/aromatic N) is 1. The Labute approximate surface area is 142 Å². The van der Waals surface area contributed by atoms with Gasteiger partial charge < -0.3 is 9.47 Å². The number of fused-ring (bicyclic) bond motifs is 1. The van der Waals surface area contributed by atoms with Crippen molar-refractivity contribution in [1.82, 2.24) is 4.98 Å². The van der Waals surface area contributed by atoms with Crippen LogP contribution in [-0.4, -0.2) is 30.1 Å². The summed E-state index contributed by atoms with van der Waals surface area (Å²) >= 11 is 0. The van der Waals surface area contributed by atoms with E-state index in [-0.39, 0.29) is 5.97 Å². The van der Waals surface area contributed by atoms with Gasteiger partial charge in [0.25, 0.3) is 0 Å². The molecule has 0 saturated heterocycles. The number of esters is 2. The number of hydrogen-bond donors (Lipinski definition) is 0. The number of carbonyl (C=O) groups is 2. The predicted octanol–water partition coefficient (Wildman–Crippen LogP) is 3.99. The van der Waals surface area contributed by atoms with Crippen molar-refractivity contribution in [3.8, 4) is 0 Å². The fourth-order valence-electron chi connectivity index (χ4n) is 2.60. The molecule has 128 valence electrons. The Kier molecular flexibility index (Phi) is 5.90. The fraction of sp³-hybridized carbons (Fsp3) is 0.421. The molecule has 2 rings (SSSR count). The highest BCUT2D eigenvalue weighted by Crippen LogP contribution is 2.25. The lowest BCUT2D eigenvalue weighted by atomic mass is 10.0. The molecule has 0 atom stereocenters. The smallest absolute Gasteiger partial charge is 0.340 e. The molecule has 0 fully saturated rings. The number of hydrogen-bond acceptors (Lipinski definition) is 5. The Morgan fingerprint density at radius 1 is 1.08 bits per heavy atom. The van der Waals surface area contributed by atoms with E-state index in [2.05, 4.69) is 4.98 Å². The summed E-state index contributed by atoms with van der Waals surface area (Å²) in [5.74, 6) is -0.749. The number of unbranched alkanes of at least 4 members (excludes halogenated alkanes) is 1. The highest BCUT2D eigenvalue weighted by molar-refractivity contribution is 6.00.